The van der Waals surface area contributed by atoms with Gasteiger partial charge in [-0.15, -0.1) is 11.8 Å². The quantitative estimate of drug-likeness (QED) is 0.626. The third-order valence-corrected chi connectivity index (χ3v) is 5.76. The van der Waals surface area contributed by atoms with Crippen LogP contribution in [0.5, 0.6) is 0 Å². The molecule has 1 aromatic heterocycles. The number of benzene rings is 1. The molecular formula is C21H23F3N2OS. The molecule has 1 aromatic carbocycles. The van der Waals surface area contributed by atoms with E-state index in [1.54, 1.807) is 24.3 Å². The van der Waals surface area contributed by atoms with Crippen molar-refractivity contribution in [3.63, 3.8) is 0 Å². The fourth-order valence-corrected chi connectivity index (χ4v) is 4.45. The van der Waals surface area contributed by atoms with E-state index in [2.05, 4.69) is 18.8 Å². The van der Waals surface area contributed by atoms with Crippen LogP contribution < -0.4 is 0 Å². The van der Waals surface area contributed by atoms with Gasteiger partial charge in [0, 0.05) is 23.7 Å². The number of nitrogens with zero attached hydrogens (tertiary/aromatic N) is 2. The maximum Gasteiger partial charge on any atom is 0.416 e. The Kier molecular flexibility index (Phi) is 6.33. The molecule has 2 aromatic rings. The van der Waals surface area contributed by atoms with Gasteiger partial charge in [0.1, 0.15) is 5.69 Å². The zero-order chi connectivity index (χ0) is 20.3. The lowest BCUT2D eigenvalue weighted by atomic mass is 9.92. The van der Waals surface area contributed by atoms with E-state index in [0.717, 1.165) is 31.6 Å². The van der Waals surface area contributed by atoms with Gasteiger partial charge in [-0.05, 0) is 48.6 Å². The lowest BCUT2D eigenvalue weighted by Gasteiger charge is -2.34. The number of amides is 1. The number of aromatic nitrogens is 1. The summed E-state index contributed by atoms with van der Waals surface area (Å²) in [7, 11) is 0. The van der Waals surface area contributed by atoms with Gasteiger partial charge in [0.25, 0.3) is 5.91 Å². The summed E-state index contributed by atoms with van der Waals surface area (Å²) in [6.45, 7) is 5.75. The SMILES string of the molecule is CC1CC(C)CN(C(=O)c2cccc(CSc3cccc(C(F)(F)F)c3)n2)C1. The van der Waals surface area contributed by atoms with E-state index in [0.29, 0.717) is 33.9 Å². The highest BCUT2D eigenvalue weighted by Gasteiger charge is 2.30. The summed E-state index contributed by atoms with van der Waals surface area (Å²) in [6.07, 6.45) is -3.24. The van der Waals surface area contributed by atoms with E-state index in [4.69, 9.17) is 0 Å². The number of likely N-dealkylation sites (tertiary alicyclic amines) is 1. The number of thioether (sulfide) groups is 1. The Morgan fingerprint density at radius 1 is 1.14 bits per heavy atom. The molecule has 2 unspecified atom stereocenters. The lowest BCUT2D eigenvalue weighted by Crippen LogP contribution is -2.42. The monoisotopic (exact) mass is 408 g/mol. The van der Waals surface area contributed by atoms with Crippen LogP contribution in [0.1, 0.15) is 42.0 Å². The number of halogens is 3. The molecule has 1 amide bonds. The molecule has 3 rings (SSSR count). The molecule has 150 valence electrons. The number of rotatable bonds is 4. The van der Waals surface area contributed by atoms with Gasteiger partial charge in [-0.1, -0.05) is 26.0 Å². The topological polar surface area (TPSA) is 33.2 Å². The number of alkyl halides is 3. The van der Waals surface area contributed by atoms with Crippen LogP contribution in [0, 0.1) is 11.8 Å². The lowest BCUT2D eigenvalue weighted by molar-refractivity contribution is -0.137. The average Bonchev–Trinajstić information content (AvgIpc) is 2.65. The molecule has 28 heavy (non-hydrogen) atoms. The molecule has 0 saturated carbocycles. The Morgan fingerprint density at radius 3 is 2.50 bits per heavy atom. The molecular weight excluding hydrogens is 385 g/mol. The predicted octanol–water partition coefficient (Wildman–Crippen LogP) is 5.51. The average molecular weight is 408 g/mol. The fourth-order valence-electron chi connectivity index (χ4n) is 3.59. The van der Waals surface area contributed by atoms with Gasteiger partial charge in [-0.2, -0.15) is 13.2 Å². The Balaban J connectivity index is 1.68. The highest BCUT2D eigenvalue weighted by Crippen LogP contribution is 2.32. The fraction of sp³-hybridized carbons (Fsp3) is 0.429. The number of pyridine rings is 1. The van der Waals surface area contributed by atoms with E-state index in [1.807, 2.05) is 4.90 Å². The smallest absolute Gasteiger partial charge is 0.337 e. The first kappa shape index (κ1) is 20.7. The van der Waals surface area contributed by atoms with Gasteiger partial charge in [-0.25, -0.2) is 4.98 Å². The highest BCUT2D eigenvalue weighted by atomic mass is 32.2. The van der Waals surface area contributed by atoms with Crippen LogP contribution in [0.2, 0.25) is 0 Å². The van der Waals surface area contributed by atoms with Gasteiger partial charge < -0.3 is 4.90 Å². The minimum Gasteiger partial charge on any atom is -0.337 e. The second-order valence-electron chi connectivity index (χ2n) is 7.48. The molecule has 0 aliphatic carbocycles. The third kappa shape index (κ3) is 5.28. The number of carbonyl (C=O) groups is 1. The molecule has 0 radical (unpaired) electrons. The number of hydrogen-bond acceptors (Lipinski definition) is 3. The Bertz CT molecular complexity index is 830. The third-order valence-electron chi connectivity index (χ3n) is 4.73. The molecule has 2 heterocycles. The molecule has 0 N–H and O–H groups in total. The molecule has 3 nitrogen and oxygen atoms in total. The van der Waals surface area contributed by atoms with Crippen molar-refractivity contribution >= 4 is 17.7 Å². The van der Waals surface area contributed by atoms with Crippen LogP contribution in [0.3, 0.4) is 0 Å². The summed E-state index contributed by atoms with van der Waals surface area (Å²) in [4.78, 5) is 19.6. The van der Waals surface area contributed by atoms with Crippen molar-refractivity contribution in [1.29, 1.82) is 0 Å². The molecule has 0 spiro atoms. The number of carbonyl (C=O) groups excluding carboxylic acids is 1. The van der Waals surface area contributed by atoms with Gasteiger partial charge >= 0.3 is 6.18 Å². The molecule has 2 atom stereocenters. The molecule has 7 heteroatoms. The van der Waals surface area contributed by atoms with Crippen molar-refractivity contribution in [1.82, 2.24) is 9.88 Å². The van der Waals surface area contributed by atoms with Crippen molar-refractivity contribution in [3.8, 4) is 0 Å². The maximum absolute atomic E-state index is 12.8. The summed E-state index contributed by atoms with van der Waals surface area (Å²) in [5.41, 5.74) is 0.400. The summed E-state index contributed by atoms with van der Waals surface area (Å²) < 4.78 is 38.5. The first-order valence-electron chi connectivity index (χ1n) is 9.27. The van der Waals surface area contributed by atoms with Crippen LogP contribution in [-0.2, 0) is 11.9 Å². The minimum absolute atomic E-state index is 0.0793. The standard InChI is InChI=1S/C21H23F3N2OS/c1-14-9-15(2)12-26(11-14)20(27)19-8-4-6-17(25-19)13-28-18-7-3-5-16(10-18)21(22,23)24/h3-8,10,14-15H,9,11-13H2,1-2H3. The second-order valence-corrected chi connectivity index (χ2v) is 8.53. The summed E-state index contributed by atoms with van der Waals surface area (Å²) >= 11 is 1.27. The van der Waals surface area contributed by atoms with Crippen molar-refractivity contribution < 1.29 is 18.0 Å². The molecule has 1 fully saturated rings. The van der Waals surface area contributed by atoms with Crippen LogP contribution in [0.25, 0.3) is 0 Å². The van der Waals surface area contributed by atoms with Crippen LogP contribution in [0.15, 0.2) is 47.4 Å². The number of hydrogen-bond donors (Lipinski definition) is 0. The van der Waals surface area contributed by atoms with Crippen molar-refractivity contribution in [2.24, 2.45) is 11.8 Å². The highest BCUT2D eigenvalue weighted by molar-refractivity contribution is 7.98. The summed E-state index contributed by atoms with van der Waals surface area (Å²) in [5.74, 6) is 1.25. The first-order valence-corrected chi connectivity index (χ1v) is 10.3. The van der Waals surface area contributed by atoms with Crippen molar-refractivity contribution in [3.05, 3.63) is 59.4 Å². The van der Waals surface area contributed by atoms with Crippen molar-refractivity contribution in [2.75, 3.05) is 13.1 Å². The van der Waals surface area contributed by atoms with Crippen LogP contribution in [-0.4, -0.2) is 28.9 Å². The predicted molar refractivity (Wildman–Crippen MR) is 104 cm³/mol. The van der Waals surface area contributed by atoms with E-state index in [9.17, 15) is 18.0 Å². The van der Waals surface area contributed by atoms with E-state index in [1.165, 1.54) is 17.8 Å². The normalized spacial score (nSPS) is 20.2. The van der Waals surface area contributed by atoms with E-state index >= 15 is 0 Å². The second kappa shape index (κ2) is 8.55. The Hall–Kier alpha value is -2.02. The van der Waals surface area contributed by atoms with E-state index < -0.39 is 11.7 Å². The zero-order valence-corrected chi connectivity index (χ0v) is 16.7. The Morgan fingerprint density at radius 2 is 1.82 bits per heavy atom. The summed E-state index contributed by atoms with van der Waals surface area (Å²) in [5, 5.41) is 0. The number of piperidine rings is 1. The van der Waals surface area contributed by atoms with Gasteiger partial charge in [0.15, 0.2) is 0 Å². The molecule has 1 saturated heterocycles. The van der Waals surface area contributed by atoms with Crippen LogP contribution in [0.4, 0.5) is 13.2 Å². The van der Waals surface area contributed by atoms with Gasteiger partial charge in [0.2, 0.25) is 0 Å². The van der Waals surface area contributed by atoms with Crippen LogP contribution >= 0.6 is 11.8 Å². The molecule has 1 aliphatic heterocycles. The maximum atomic E-state index is 12.8. The molecule has 1 aliphatic rings. The van der Waals surface area contributed by atoms with Gasteiger partial charge in [0.05, 0.1) is 11.3 Å². The zero-order valence-electron chi connectivity index (χ0n) is 15.9. The Labute approximate surface area is 167 Å². The van der Waals surface area contributed by atoms with E-state index in [-0.39, 0.29) is 5.91 Å². The molecule has 0 bridgehead atoms. The summed E-state index contributed by atoms with van der Waals surface area (Å²) in [6, 6.07) is 10.5. The largest absolute Gasteiger partial charge is 0.416 e. The minimum atomic E-state index is -4.36. The van der Waals surface area contributed by atoms with Gasteiger partial charge in [-0.3, -0.25) is 4.79 Å². The van der Waals surface area contributed by atoms with Crippen molar-refractivity contribution in [2.45, 2.75) is 37.1 Å². The first-order chi connectivity index (χ1) is 13.2.